The summed E-state index contributed by atoms with van der Waals surface area (Å²) in [5.74, 6) is 0. The van der Waals surface area contributed by atoms with Gasteiger partial charge in [-0.25, -0.2) is 0 Å². The number of hydrogen-bond donors (Lipinski definition) is 1. The van der Waals surface area contributed by atoms with Crippen molar-refractivity contribution >= 4 is 17.7 Å². The summed E-state index contributed by atoms with van der Waals surface area (Å²) in [6, 6.07) is 0. The molecule has 0 unspecified atom stereocenters. The number of hydrogen-bond acceptors (Lipinski definition) is 2. The van der Waals surface area contributed by atoms with Gasteiger partial charge in [0.05, 0.1) is 0 Å². The summed E-state index contributed by atoms with van der Waals surface area (Å²) in [5, 5.41) is 6.74. The monoisotopic (exact) mass is 155 g/mol. The number of nitrogens with one attached hydrogen (secondary N) is 1. The third-order valence-corrected chi connectivity index (χ3v) is 2.25. The molecule has 54 valence electrons. The highest BCUT2D eigenvalue weighted by atomic mass is 32.1. The Kier molecular flexibility index (Phi) is 2.45. The first-order chi connectivity index (χ1) is 4.84. The number of amides is 1. The van der Waals surface area contributed by atoms with Crippen LogP contribution in [0.5, 0.6) is 0 Å². The molecule has 0 fully saturated rings. The molecule has 1 rings (SSSR count). The van der Waals surface area contributed by atoms with Gasteiger partial charge in [0.15, 0.2) is 0 Å². The van der Waals surface area contributed by atoms with Gasteiger partial charge in [-0.1, -0.05) is 0 Å². The van der Waals surface area contributed by atoms with Crippen molar-refractivity contribution in [2.75, 3.05) is 0 Å². The van der Waals surface area contributed by atoms with E-state index in [1.807, 2.05) is 12.3 Å². The van der Waals surface area contributed by atoms with Gasteiger partial charge < -0.3 is 5.32 Å². The number of carbonyl (C=O) groups is 1. The minimum absolute atomic E-state index is 0.652. The fourth-order valence-corrected chi connectivity index (χ4v) is 1.58. The molecule has 0 saturated carbocycles. The van der Waals surface area contributed by atoms with Crippen LogP contribution in [0.1, 0.15) is 11.1 Å². The van der Waals surface area contributed by atoms with E-state index in [4.69, 9.17) is 0 Å². The maximum Gasteiger partial charge on any atom is 0.207 e. The van der Waals surface area contributed by atoms with Crippen LogP contribution in [-0.4, -0.2) is 6.41 Å². The van der Waals surface area contributed by atoms with Crippen LogP contribution in [0.15, 0.2) is 10.8 Å². The van der Waals surface area contributed by atoms with Crippen LogP contribution in [-0.2, 0) is 11.3 Å². The van der Waals surface area contributed by atoms with Crippen molar-refractivity contribution in [3.63, 3.8) is 0 Å². The van der Waals surface area contributed by atoms with Crippen LogP contribution < -0.4 is 5.32 Å². The van der Waals surface area contributed by atoms with Crippen molar-refractivity contribution in [2.45, 2.75) is 13.5 Å². The minimum atomic E-state index is 0.652. The summed E-state index contributed by atoms with van der Waals surface area (Å²) in [6.07, 6.45) is 0.719. The summed E-state index contributed by atoms with van der Waals surface area (Å²) >= 11 is 1.66. The molecule has 0 radical (unpaired) electrons. The molecule has 1 aromatic rings. The first-order valence-corrected chi connectivity index (χ1v) is 3.97. The van der Waals surface area contributed by atoms with Crippen molar-refractivity contribution in [3.05, 3.63) is 21.9 Å². The Morgan fingerprint density at radius 3 is 3.00 bits per heavy atom. The molecular formula is C7H9NOS. The fraction of sp³-hybridized carbons (Fsp3) is 0.286. The van der Waals surface area contributed by atoms with Crippen molar-refractivity contribution in [3.8, 4) is 0 Å². The molecule has 0 spiro atoms. The number of aryl methyl sites for hydroxylation is 1. The fourth-order valence-electron chi connectivity index (χ4n) is 0.720. The van der Waals surface area contributed by atoms with Gasteiger partial charge in [-0.15, -0.1) is 0 Å². The molecule has 0 atom stereocenters. The highest BCUT2D eigenvalue weighted by molar-refractivity contribution is 7.08. The Hall–Kier alpha value is -0.830. The van der Waals surface area contributed by atoms with Crippen molar-refractivity contribution in [1.82, 2.24) is 5.32 Å². The van der Waals surface area contributed by atoms with Crippen LogP contribution in [0, 0.1) is 6.92 Å². The van der Waals surface area contributed by atoms with Gasteiger partial charge in [0.1, 0.15) is 0 Å². The largest absolute Gasteiger partial charge is 0.355 e. The standard InChI is InChI=1S/C7H9NOS/c1-6-3-10-4-7(6)2-8-5-9/h3-5H,2H2,1H3,(H,8,9). The van der Waals surface area contributed by atoms with E-state index in [9.17, 15) is 4.79 Å². The van der Waals surface area contributed by atoms with E-state index >= 15 is 0 Å². The Labute approximate surface area is 63.9 Å². The van der Waals surface area contributed by atoms with Crippen LogP contribution in [0.3, 0.4) is 0 Å². The molecule has 0 bridgehead atoms. The Bertz CT molecular complexity index is 219. The third kappa shape index (κ3) is 1.57. The number of carbonyl (C=O) groups excluding carboxylic acids is 1. The predicted octanol–water partition coefficient (Wildman–Crippen LogP) is 1.30. The lowest BCUT2D eigenvalue weighted by Crippen LogP contribution is -2.09. The second-order valence-corrected chi connectivity index (χ2v) is 2.82. The number of rotatable bonds is 3. The first kappa shape index (κ1) is 7.28. The lowest BCUT2D eigenvalue weighted by atomic mass is 10.2. The molecule has 0 aromatic carbocycles. The summed E-state index contributed by atoms with van der Waals surface area (Å²) < 4.78 is 0. The Balaban J connectivity index is 2.56. The van der Waals surface area contributed by atoms with E-state index in [0.29, 0.717) is 6.54 Å². The molecular weight excluding hydrogens is 146 g/mol. The number of thiophene rings is 1. The van der Waals surface area contributed by atoms with Gasteiger partial charge in [0, 0.05) is 6.54 Å². The average Bonchev–Trinajstić information content (AvgIpc) is 2.31. The summed E-state index contributed by atoms with van der Waals surface area (Å²) in [4.78, 5) is 9.90. The summed E-state index contributed by atoms with van der Waals surface area (Å²) in [5.41, 5.74) is 2.46. The van der Waals surface area contributed by atoms with Crippen LogP contribution in [0.2, 0.25) is 0 Å². The molecule has 10 heavy (non-hydrogen) atoms. The molecule has 0 aliphatic rings. The van der Waals surface area contributed by atoms with Crippen molar-refractivity contribution in [2.24, 2.45) is 0 Å². The van der Waals surface area contributed by atoms with E-state index < -0.39 is 0 Å². The van der Waals surface area contributed by atoms with Gasteiger partial charge in [0.25, 0.3) is 0 Å². The van der Waals surface area contributed by atoms with E-state index in [-0.39, 0.29) is 0 Å². The van der Waals surface area contributed by atoms with Crippen molar-refractivity contribution in [1.29, 1.82) is 0 Å². The van der Waals surface area contributed by atoms with E-state index in [1.54, 1.807) is 11.3 Å². The van der Waals surface area contributed by atoms with Crippen molar-refractivity contribution < 1.29 is 4.79 Å². The molecule has 2 nitrogen and oxygen atoms in total. The second kappa shape index (κ2) is 3.37. The molecule has 0 aliphatic heterocycles. The molecule has 3 heteroatoms. The maximum absolute atomic E-state index is 9.90. The minimum Gasteiger partial charge on any atom is -0.355 e. The van der Waals surface area contributed by atoms with Crippen LogP contribution >= 0.6 is 11.3 Å². The normalized spacial score (nSPS) is 9.30. The molecule has 1 amide bonds. The van der Waals surface area contributed by atoms with E-state index in [2.05, 4.69) is 10.7 Å². The van der Waals surface area contributed by atoms with Gasteiger partial charge in [0.2, 0.25) is 6.41 Å². The third-order valence-electron chi connectivity index (χ3n) is 1.34. The lowest BCUT2D eigenvalue weighted by molar-refractivity contribution is -0.109. The second-order valence-electron chi connectivity index (χ2n) is 2.08. The topological polar surface area (TPSA) is 29.1 Å². The first-order valence-electron chi connectivity index (χ1n) is 3.03. The molecule has 1 heterocycles. The average molecular weight is 155 g/mol. The molecule has 1 aromatic heterocycles. The zero-order valence-electron chi connectivity index (χ0n) is 5.76. The quantitative estimate of drug-likeness (QED) is 0.655. The Morgan fingerprint density at radius 2 is 2.50 bits per heavy atom. The molecule has 0 aliphatic carbocycles. The Morgan fingerprint density at radius 1 is 1.70 bits per heavy atom. The van der Waals surface area contributed by atoms with E-state index in [0.717, 1.165) is 6.41 Å². The lowest BCUT2D eigenvalue weighted by Gasteiger charge is -1.95. The van der Waals surface area contributed by atoms with Gasteiger partial charge >= 0.3 is 0 Å². The zero-order valence-corrected chi connectivity index (χ0v) is 6.57. The summed E-state index contributed by atoms with van der Waals surface area (Å²) in [7, 11) is 0. The van der Waals surface area contributed by atoms with Gasteiger partial charge in [-0.2, -0.15) is 11.3 Å². The van der Waals surface area contributed by atoms with Gasteiger partial charge in [-0.3, -0.25) is 4.79 Å². The van der Waals surface area contributed by atoms with Gasteiger partial charge in [-0.05, 0) is 28.8 Å². The summed E-state index contributed by atoms with van der Waals surface area (Å²) in [6.45, 7) is 2.69. The molecule has 1 N–H and O–H groups in total. The van der Waals surface area contributed by atoms with Crippen LogP contribution in [0.4, 0.5) is 0 Å². The van der Waals surface area contributed by atoms with E-state index in [1.165, 1.54) is 11.1 Å². The SMILES string of the molecule is Cc1cscc1CNC=O. The maximum atomic E-state index is 9.90. The predicted molar refractivity (Wildman–Crippen MR) is 42.0 cm³/mol. The van der Waals surface area contributed by atoms with Crippen LogP contribution in [0.25, 0.3) is 0 Å². The highest BCUT2D eigenvalue weighted by Crippen LogP contribution is 2.12. The highest BCUT2D eigenvalue weighted by Gasteiger charge is 1.95. The molecule has 0 saturated heterocycles. The zero-order chi connectivity index (χ0) is 7.40. The smallest absolute Gasteiger partial charge is 0.207 e.